The summed E-state index contributed by atoms with van der Waals surface area (Å²) in [6, 6.07) is 3.25. The second-order valence-electron chi connectivity index (χ2n) is 4.15. The monoisotopic (exact) mass is 390 g/mol. The van der Waals surface area contributed by atoms with Crippen molar-refractivity contribution < 1.29 is 9.21 Å². The third kappa shape index (κ3) is 10.9. The Morgan fingerprint density at radius 2 is 1.79 bits per heavy atom. The summed E-state index contributed by atoms with van der Waals surface area (Å²) in [7, 11) is 0. The Kier molecular flexibility index (Phi) is 21.5. The highest BCUT2D eigenvalue weighted by molar-refractivity contribution is 5.83. The van der Waals surface area contributed by atoms with Crippen LogP contribution in [0.2, 0.25) is 0 Å². The van der Waals surface area contributed by atoms with Gasteiger partial charge in [-0.05, 0) is 19.1 Å². The highest BCUT2D eigenvalue weighted by atomic mass is 16.3. The first-order chi connectivity index (χ1) is 13.6. The van der Waals surface area contributed by atoms with Gasteiger partial charge >= 0.3 is 6.03 Å². The van der Waals surface area contributed by atoms with Crippen molar-refractivity contribution in [2.24, 2.45) is 10.8 Å². The second-order valence-corrected chi connectivity index (χ2v) is 4.15. The lowest BCUT2D eigenvalue weighted by molar-refractivity contribution is 0.219. The number of hydrogen-bond donors (Lipinski definition) is 2. The number of rotatable bonds is 4. The van der Waals surface area contributed by atoms with E-state index in [0.29, 0.717) is 23.8 Å². The van der Waals surface area contributed by atoms with Crippen molar-refractivity contribution in [1.29, 1.82) is 0 Å². The van der Waals surface area contributed by atoms with Crippen LogP contribution in [0.3, 0.4) is 0 Å². The van der Waals surface area contributed by atoms with Gasteiger partial charge in [-0.1, -0.05) is 60.3 Å². The summed E-state index contributed by atoms with van der Waals surface area (Å²) in [4.78, 5) is 11.5. The molecule has 1 fully saturated rings. The molecule has 1 aromatic heterocycles. The summed E-state index contributed by atoms with van der Waals surface area (Å²) in [5, 5.41) is 7.90. The van der Waals surface area contributed by atoms with Gasteiger partial charge in [0.15, 0.2) is 0 Å². The number of nitrogens with zero attached hydrogens (tertiary/aromatic N) is 2. The summed E-state index contributed by atoms with van der Waals surface area (Å²) in [6.45, 7) is 24.1. The first kappa shape index (κ1) is 29.7. The molecule has 0 aliphatic carbocycles. The topological polar surface area (TPSA) is 83.9 Å². The fourth-order valence-corrected chi connectivity index (χ4v) is 1.67. The van der Waals surface area contributed by atoms with Crippen LogP contribution in [0.5, 0.6) is 0 Å². The minimum absolute atomic E-state index is 0.317. The van der Waals surface area contributed by atoms with Crippen LogP contribution < -0.4 is 11.1 Å². The Hall–Kier alpha value is -3.02. The van der Waals surface area contributed by atoms with Crippen LogP contribution in [0, 0.1) is 0 Å². The van der Waals surface area contributed by atoms with Crippen LogP contribution in [0.15, 0.2) is 65.4 Å². The molecule has 28 heavy (non-hydrogen) atoms. The summed E-state index contributed by atoms with van der Waals surface area (Å²) < 4.78 is 5.55. The van der Waals surface area contributed by atoms with E-state index >= 15 is 0 Å². The van der Waals surface area contributed by atoms with Gasteiger partial charge in [0.2, 0.25) is 0 Å². The summed E-state index contributed by atoms with van der Waals surface area (Å²) in [5.74, 6) is 1.21. The number of carbonyl (C=O) groups excluding carboxylic acids is 1. The molecule has 3 N–H and O–H groups in total. The van der Waals surface area contributed by atoms with Crippen molar-refractivity contribution >= 4 is 17.8 Å². The zero-order chi connectivity index (χ0) is 22.5. The molecular weight excluding hydrogens is 352 g/mol. The first-order valence-corrected chi connectivity index (χ1v) is 9.59. The average Bonchev–Trinajstić information content (AvgIpc) is 3.39. The Balaban J connectivity index is -0.000000695. The summed E-state index contributed by atoms with van der Waals surface area (Å²) in [5.41, 5.74) is 6.74. The Bertz CT molecular complexity index is 628. The van der Waals surface area contributed by atoms with Crippen molar-refractivity contribution in [3.05, 3.63) is 67.4 Å². The van der Waals surface area contributed by atoms with Gasteiger partial charge in [-0.2, -0.15) is 5.10 Å². The molecule has 6 heteroatoms. The number of furan rings is 1. The highest BCUT2D eigenvalue weighted by Gasteiger charge is 2.22. The number of urea groups is 1. The molecule has 1 saturated heterocycles. The van der Waals surface area contributed by atoms with Crippen LogP contribution in [-0.4, -0.2) is 23.8 Å². The molecule has 0 unspecified atom stereocenters. The smallest absolute Gasteiger partial charge is 0.342 e. The maximum atomic E-state index is 11.5. The predicted octanol–water partition coefficient (Wildman–Crippen LogP) is 5.91. The lowest BCUT2D eigenvalue weighted by Gasteiger charge is -2.03. The van der Waals surface area contributed by atoms with Gasteiger partial charge in [-0.15, -0.1) is 13.2 Å². The molecule has 158 valence electrons. The maximum Gasteiger partial charge on any atom is 0.342 e. The molecule has 0 atom stereocenters. The first-order valence-electron chi connectivity index (χ1n) is 9.59. The van der Waals surface area contributed by atoms with E-state index in [2.05, 4.69) is 30.2 Å². The minimum Gasteiger partial charge on any atom is -0.455 e. The number of nitrogens with two attached hydrogens (primary N) is 1. The van der Waals surface area contributed by atoms with Crippen LogP contribution in [-0.2, 0) is 0 Å². The fourth-order valence-electron chi connectivity index (χ4n) is 1.67. The van der Waals surface area contributed by atoms with E-state index < -0.39 is 0 Å². The quantitative estimate of drug-likeness (QED) is 0.381. The number of hydrogen-bond acceptors (Lipinski definition) is 4. The van der Waals surface area contributed by atoms with Crippen molar-refractivity contribution in [2.75, 3.05) is 6.54 Å². The van der Waals surface area contributed by atoms with Crippen LogP contribution in [0.1, 0.15) is 60.0 Å². The van der Waals surface area contributed by atoms with E-state index in [4.69, 9.17) is 10.2 Å². The Morgan fingerprint density at radius 1 is 1.21 bits per heavy atom. The van der Waals surface area contributed by atoms with Crippen LogP contribution in [0.25, 0.3) is 5.57 Å². The summed E-state index contributed by atoms with van der Waals surface area (Å²) >= 11 is 0. The molecule has 2 amide bonds. The normalized spacial score (nSPS) is 13.3. The molecular formula is C22H38N4O2. The molecule has 6 nitrogen and oxygen atoms in total. The van der Waals surface area contributed by atoms with E-state index in [1.807, 2.05) is 60.6 Å². The predicted molar refractivity (Wildman–Crippen MR) is 123 cm³/mol. The lowest BCUT2D eigenvalue weighted by Crippen LogP contribution is -2.23. The van der Waals surface area contributed by atoms with Crippen molar-refractivity contribution in [2.45, 2.75) is 48.5 Å². The molecule has 2 rings (SSSR count). The third-order valence-electron chi connectivity index (χ3n) is 2.66. The van der Waals surface area contributed by atoms with Gasteiger partial charge in [0.25, 0.3) is 0 Å². The largest absolute Gasteiger partial charge is 0.455 e. The van der Waals surface area contributed by atoms with E-state index in [1.165, 1.54) is 17.4 Å². The van der Waals surface area contributed by atoms with Gasteiger partial charge in [-0.25, -0.2) is 9.80 Å². The molecule has 0 spiro atoms. The Morgan fingerprint density at radius 3 is 2.25 bits per heavy atom. The number of nitrogens with one attached hydrogen (secondary N) is 1. The molecule has 1 aromatic rings. The van der Waals surface area contributed by atoms with E-state index in [0.717, 1.165) is 5.57 Å². The number of carbonyl (C=O) groups is 1. The molecule has 0 bridgehead atoms. The standard InChI is InChI=1S/C14H16N4O2.3C2H6.C2H4/c1-3-4-10(2)13-6-5-12(20-13)8-16-18-9-11(7-15)17-14(18)19;4*1-2/h3-8H,2,9,15H2,1H3,(H,17,19);3*1-2H3;1-2H2/b4-3-,11-7?,16-8+;;;;. The molecule has 0 aromatic carbocycles. The summed E-state index contributed by atoms with van der Waals surface area (Å²) in [6.07, 6.45) is 6.56. The number of amides is 2. The maximum absolute atomic E-state index is 11.5. The van der Waals surface area contributed by atoms with E-state index in [-0.39, 0.29) is 6.03 Å². The lowest BCUT2D eigenvalue weighted by atomic mass is 10.2. The molecule has 1 aliphatic heterocycles. The van der Waals surface area contributed by atoms with E-state index in [9.17, 15) is 4.79 Å². The number of allylic oxidation sites excluding steroid dienone is 3. The van der Waals surface area contributed by atoms with Gasteiger partial charge < -0.3 is 15.5 Å². The van der Waals surface area contributed by atoms with Crippen molar-refractivity contribution in [3.8, 4) is 0 Å². The SMILES string of the molecule is C=C.C=C(/C=C\C)c1ccc(/C=N/N2CC(=CN)NC2=O)o1.CC.CC.CC. The average molecular weight is 391 g/mol. The highest BCUT2D eigenvalue weighted by Crippen LogP contribution is 2.16. The van der Waals surface area contributed by atoms with Gasteiger partial charge in [0.05, 0.1) is 18.5 Å². The number of hydrazone groups is 1. The second kappa shape index (κ2) is 20.3. The van der Waals surface area contributed by atoms with Crippen molar-refractivity contribution in [3.63, 3.8) is 0 Å². The third-order valence-corrected chi connectivity index (χ3v) is 2.66. The van der Waals surface area contributed by atoms with E-state index in [1.54, 1.807) is 12.1 Å². The molecule has 2 heterocycles. The zero-order valence-corrected chi connectivity index (χ0v) is 18.6. The zero-order valence-electron chi connectivity index (χ0n) is 18.6. The fraction of sp³-hybridized carbons (Fsp3) is 0.364. The van der Waals surface area contributed by atoms with Gasteiger partial charge in [0, 0.05) is 11.8 Å². The van der Waals surface area contributed by atoms with Gasteiger partial charge in [0.1, 0.15) is 11.5 Å². The molecule has 0 saturated carbocycles. The van der Waals surface area contributed by atoms with Crippen LogP contribution in [0.4, 0.5) is 4.79 Å². The minimum atomic E-state index is -0.317. The Labute approximate surface area is 171 Å². The van der Waals surface area contributed by atoms with Gasteiger partial charge in [-0.3, -0.25) is 0 Å². The van der Waals surface area contributed by atoms with Crippen molar-refractivity contribution in [1.82, 2.24) is 10.3 Å². The van der Waals surface area contributed by atoms with Crippen LogP contribution >= 0.6 is 0 Å². The molecule has 0 radical (unpaired) electrons. The molecule has 1 aliphatic rings.